The molecule has 0 bridgehead atoms. The smallest absolute Gasteiger partial charge is 0.125 e. The van der Waals surface area contributed by atoms with Gasteiger partial charge in [-0.3, -0.25) is 0 Å². The molecule has 1 aromatic heterocycles. The van der Waals surface area contributed by atoms with Gasteiger partial charge < -0.3 is 5.73 Å². The summed E-state index contributed by atoms with van der Waals surface area (Å²) in [5.41, 5.74) is 6.17. The van der Waals surface area contributed by atoms with Gasteiger partial charge in [-0.1, -0.05) is 0 Å². The van der Waals surface area contributed by atoms with Crippen LogP contribution in [0, 0.1) is 5.82 Å². The van der Waals surface area contributed by atoms with Crippen LogP contribution in [0.25, 0.3) is 0 Å². The first-order chi connectivity index (χ1) is 7.25. The molecule has 2 N–H and O–H groups in total. The number of nitrogens with zero attached hydrogens (tertiary/aromatic N) is 1. The average molecular weight is 240 g/mol. The van der Waals surface area contributed by atoms with Crippen molar-refractivity contribution in [1.29, 1.82) is 0 Å². The van der Waals surface area contributed by atoms with Crippen LogP contribution in [0.4, 0.5) is 10.1 Å². The molecule has 0 atom stereocenters. The van der Waals surface area contributed by atoms with Crippen molar-refractivity contribution >= 4 is 28.8 Å². The number of hydrogen-bond donors (Lipinski definition) is 1. The number of aromatic nitrogens is 1. The third kappa shape index (κ3) is 2.70. The quantitative estimate of drug-likeness (QED) is 0.661. The summed E-state index contributed by atoms with van der Waals surface area (Å²) in [6.45, 7) is 0. The van der Waals surface area contributed by atoms with Crippen molar-refractivity contribution in [2.24, 2.45) is 0 Å². The van der Waals surface area contributed by atoms with Crippen LogP contribution < -0.4 is 5.73 Å². The van der Waals surface area contributed by atoms with Gasteiger partial charge in [0.2, 0.25) is 0 Å². The van der Waals surface area contributed by atoms with Crippen LogP contribution in [0.2, 0.25) is 0 Å². The van der Waals surface area contributed by atoms with E-state index in [1.807, 2.05) is 5.38 Å². The summed E-state index contributed by atoms with van der Waals surface area (Å²) in [7, 11) is 0. The maximum absolute atomic E-state index is 12.8. The number of hydrogen-bond acceptors (Lipinski definition) is 4. The Morgan fingerprint density at radius 2 is 2.33 bits per heavy atom. The van der Waals surface area contributed by atoms with Gasteiger partial charge in [-0.05, 0) is 18.2 Å². The highest BCUT2D eigenvalue weighted by atomic mass is 32.2. The SMILES string of the molecule is Nc1cc(F)ccc1SCc1nccs1. The van der Waals surface area contributed by atoms with Crippen LogP contribution in [0.3, 0.4) is 0 Å². The second-order valence-corrected chi connectivity index (χ2v) is 4.89. The lowest BCUT2D eigenvalue weighted by atomic mass is 10.3. The van der Waals surface area contributed by atoms with E-state index in [2.05, 4.69) is 4.98 Å². The van der Waals surface area contributed by atoms with Gasteiger partial charge in [-0.2, -0.15) is 0 Å². The summed E-state index contributed by atoms with van der Waals surface area (Å²) in [5, 5.41) is 2.98. The van der Waals surface area contributed by atoms with E-state index in [1.165, 1.54) is 12.1 Å². The monoisotopic (exact) mass is 240 g/mol. The van der Waals surface area contributed by atoms with E-state index in [0.717, 1.165) is 15.7 Å². The first-order valence-corrected chi connectivity index (χ1v) is 6.18. The van der Waals surface area contributed by atoms with E-state index >= 15 is 0 Å². The molecule has 1 aromatic carbocycles. The summed E-state index contributed by atoms with van der Waals surface area (Å²) in [5.74, 6) is 0.471. The molecule has 0 aliphatic rings. The molecular formula is C10H9FN2S2. The van der Waals surface area contributed by atoms with Crippen LogP contribution >= 0.6 is 23.1 Å². The molecule has 0 spiro atoms. The molecule has 5 heteroatoms. The maximum Gasteiger partial charge on any atom is 0.125 e. The minimum atomic E-state index is -0.300. The summed E-state index contributed by atoms with van der Waals surface area (Å²) in [4.78, 5) is 5.06. The minimum Gasteiger partial charge on any atom is -0.398 e. The molecule has 15 heavy (non-hydrogen) atoms. The molecule has 2 aromatic rings. The minimum absolute atomic E-state index is 0.300. The molecule has 0 amide bonds. The third-order valence-corrected chi connectivity index (χ3v) is 3.87. The number of anilines is 1. The summed E-state index contributed by atoms with van der Waals surface area (Å²) in [6, 6.07) is 4.45. The number of benzene rings is 1. The Hall–Kier alpha value is -1.07. The maximum atomic E-state index is 12.8. The lowest BCUT2D eigenvalue weighted by Gasteiger charge is -2.03. The molecule has 0 aliphatic heterocycles. The van der Waals surface area contributed by atoms with Gasteiger partial charge in [-0.15, -0.1) is 23.1 Å². The van der Waals surface area contributed by atoms with Gasteiger partial charge in [0.1, 0.15) is 10.8 Å². The van der Waals surface area contributed by atoms with E-state index in [0.29, 0.717) is 5.69 Å². The fraction of sp³-hybridized carbons (Fsp3) is 0.100. The Bertz CT molecular complexity index is 443. The first kappa shape index (κ1) is 10.4. The highest BCUT2D eigenvalue weighted by Crippen LogP contribution is 2.28. The van der Waals surface area contributed by atoms with Crippen molar-refractivity contribution in [1.82, 2.24) is 4.98 Å². The lowest BCUT2D eigenvalue weighted by Crippen LogP contribution is -1.90. The highest BCUT2D eigenvalue weighted by molar-refractivity contribution is 7.98. The second kappa shape index (κ2) is 4.63. The normalized spacial score (nSPS) is 10.5. The molecule has 2 nitrogen and oxygen atoms in total. The molecule has 0 saturated heterocycles. The van der Waals surface area contributed by atoms with E-state index in [1.54, 1.807) is 35.4 Å². The molecule has 0 fully saturated rings. The number of halogens is 1. The van der Waals surface area contributed by atoms with Crippen molar-refractivity contribution in [2.75, 3.05) is 5.73 Å². The van der Waals surface area contributed by atoms with Gasteiger partial charge in [0, 0.05) is 22.2 Å². The highest BCUT2D eigenvalue weighted by Gasteiger charge is 2.03. The number of nitrogen functional groups attached to an aromatic ring is 1. The van der Waals surface area contributed by atoms with E-state index < -0.39 is 0 Å². The van der Waals surface area contributed by atoms with Gasteiger partial charge in [0.15, 0.2) is 0 Å². The molecule has 0 radical (unpaired) electrons. The molecular weight excluding hydrogens is 231 g/mol. The molecule has 0 unspecified atom stereocenters. The molecule has 0 aliphatic carbocycles. The Morgan fingerprint density at radius 1 is 1.47 bits per heavy atom. The van der Waals surface area contributed by atoms with Crippen LogP contribution in [-0.4, -0.2) is 4.98 Å². The summed E-state index contributed by atoms with van der Waals surface area (Å²) in [6.07, 6.45) is 1.77. The van der Waals surface area contributed by atoms with Crippen LogP contribution in [0.5, 0.6) is 0 Å². The Kier molecular flexibility index (Phi) is 3.23. The Labute approximate surface area is 95.3 Å². The van der Waals surface area contributed by atoms with Crippen LogP contribution in [0.15, 0.2) is 34.7 Å². The van der Waals surface area contributed by atoms with E-state index in [4.69, 9.17) is 5.73 Å². The standard InChI is InChI=1S/C10H9FN2S2/c11-7-1-2-9(8(12)5-7)15-6-10-13-3-4-14-10/h1-5H,6,12H2. The van der Waals surface area contributed by atoms with E-state index in [9.17, 15) is 4.39 Å². The van der Waals surface area contributed by atoms with Gasteiger partial charge in [0.05, 0.1) is 5.75 Å². The third-order valence-electron chi connectivity index (χ3n) is 1.81. The van der Waals surface area contributed by atoms with E-state index in [-0.39, 0.29) is 5.82 Å². The number of rotatable bonds is 3. The topological polar surface area (TPSA) is 38.9 Å². The zero-order chi connectivity index (χ0) is 10.7. The van der Waals surface area contributed by atoms with Crippen molar-refractivity contribution < 1.29 is 4.39 Å². The van der Waals surface area contributed by atoms with Gasteiger partial charge >= 0.3 is 0 Å². The van der Waals surface area contributed by atoms with Gasteiger partial charge in [-0.25, -0.2) is 9.37 Å². The predicted molar refractivity (Wildman–Crippen MR) is 62.5 cm³/mol. The first-order valence-electron chi connectivity index (χ1n) is 4.32. The molecule has 2 rings (SSSR count). The van der Waals surface area contributed by atoms with Crippen molar-refractivity contribution in [3.8, 4) is 0 Å². The fourth-order valence-electron chi connectivity index (χ4n) is 1.11. The number of thiazole rings is 1. The number of nitrogens with two attached hydrogens (primary N) is 1. The summed E-state index contributed by atoms with van der Waals surface area (Å²) >= 11 is 3.17. The van der Waals surface area contributed by atoms with Crippen LogP contribution in [0.1, 0.15) is 5.01 Å². The summed E-state index contributed by atoms with van der Waals surface area (Å²) < 4.78 is 12.8. The zero-order valence-corrected chi connectivity index (χ0v) is 9.45. The lowest BCUT2D eigenvalue weighted by molar-refractivity contribution is 0.627. The Morgan fingerprint density at radius 3 is 3.00 bits per heavy atom. The largest absolute Gasteiger partial charge is 0.398 e. The van der Waals surface area contributed by atoms with Crippen molar-refractivity contribution in [3.05, 3.63) is 40.6 Å². The zero-order valence-electron chi connectivity index (χ0n) is 7.81. The predicted octanol–water partition coefficient (Wildman–Crippen LogP) is 3.16. The van der Waals surface area contributed by atoms with Gasteiger partial charge in [0.25, 0.3) is 0 Å². The van der Waals surface area contributed by atoms with Crippen LogP contribution in [-0.2, 0) is 5.75 Å². The second-order valence-electron chi connectivity index (χ2n) is 2.90. The number of thioether (sulfide) groups is 1. The molecule has 1 heterocycles. The average Bonchev–Trinajstić information content (AvgIpc) is 2.69. The fourth-order valence-corrected chi connectivity index (χ4v) is 2.71. The Balaban J connectivity index is 2.05. The van der Waals surface area contributed by atoms with Crippen molar-refractivity contribution in [3.63, 3.8) is 0 Å². The molecule has 78 valence electrons. The molecule has 0 saturated carbocycles. The van der Waals surface area contributed by atoms with Crippen molar-refractivity contribution in [2.45, 2.75) is 10.6 Å².